The van der Waals surface area contributed by atoms with E-state index in [1.807, 2.05) is 54.8 Å². The van der Waals surface area contributed by atoms with Gasteiger partial charge in [0.2, 0.25) is 11.8 Å². The molecule has 36 heavy (non-hydrogen) atoms. The van der Waals surface area contributed by atoms with E-state index in [2.05, 4.69) is 20.8 Å². The van der Waals surface area contributed by atoms with Gasteiger partial charge in [-0.25, -0.2) is 0 Å². The Morgan fingerprint density at radius 3 is 2.53 bits per heavy atom. The molecule has 3 rings (SSSR count). The molecule has 9 nitrogen and oxygen atoms in total. The van der Waals surface area contributed by atoms with Gasteiger partial charge in [-0.2, -0.15) is 0 Å². The minimum atomic E-state index is -0.265. The molecular weight excluding hydrogens is 478 g/mol. The lowest BCUT2D eigenvalue weighted by molar-refractivity contribution is -0.119. The summed E-state index contributed by atoms with van der Waals surface area (Å²) >= 11 is 1.31. The van der Waals surface area contributed by atoms with Crippen molar-refractivity contribution in [2.24, 2.45) is 0 Å². The van der Waals surface area contributed by atoms with E-state index in [9.17, 15) is 9.59 Å². The SMILES string of the molecule is CCn1c(CNC(=O)/C=C/c2ccc(OC)c(OC)c2)nnc1SCC(=O)N[C@@H](C)c1ccccc1. The molecule has 1 heterocycles. The Balaban J connectivity index is 1.52. The maximum atomic E-state index is 12.4. The van der Waals surface area contributed by atoms with Gasteiger partial charge >= 0.3 is 0 Å². The molecule has 2 N–H and O–H groups in total. The van der Waals surface area contributed by atoms with Gasteiger partial charge in [0.05, 0.1) is 32.6 Å². The molecule has 0 fully saturated rings. The summed E-state index contributed by atoms with van der Waals surface area (Å²) in [6.07, 6.45) is 3.14. The third kappa shape index (κ3) is 7.35. The van der Waals surface area contributed by atoms with Crippen LogP contribution in [0.15, 0.2) is 59.8 Å². The summed E-state index contributed by atoms with van der Waals surface area (Å²) in [5.74, 6) is 1.69. The van der Waals surface area contributed by atoms with Crippen molar-refractivity contribution in [3.8, 4) is 11.5 Å². The zero-order chi connectivity index (χ0) is 25.9. The summed E-state index contributed by atoms with van der Waals surface area (Å²) in [5.41, 5.74) is 1.85. The van der Waals surface area contributed by atoms with Crippen molar-refractivity contribution in [1.82, 2.24) is 25.4 Å². The van der Waals surface area contributed by atoms with Crippen molar-refractivity contribution in [2.75, 3.05) is 20.0 Å². The highest BCUT2D eigenvalue weighted by molar-refractivity contribution is 7.99. The lowest BCUT2D eigenvalue weighted by atomic mass is 10.1. The van der Waals surface area contributed by atoms with Gasteiger partial charge in [-0.3, -0.25) is 9.59 Å². The summed E-state index contributed by atoms with van der Waals surface area (Å²) < 4.78 is 12.4. The second-order valence-corrected chi connectivity index (χ2v) is 8.74. The molecule has 0 saturated carbocycles. The first-order chi connectivity index (χ1) is 17.4. The van der Waals surface area contributed by atoms with Crippen LogP contribution in [0.4, 0.5) is 0 Å². The Hall–Kier alpha value is -3.79. The van der Waals surface area contributed by atoms with Gasteiger partial charge in [-0.05, 0) is 43.2 Å². The van der Waals surface area contributed by atoms with Crippen molar-refractivity contribution in [3.05, 3.63) is 71.6 Å². The molecule has 190 valence electrons. The number of amides is 2. The van der Waals surface area contributed by atoms with E-state index in [0.717, 1.165) is 11.1 Å². The summed E-state index contributed by atoms with van der Waals surface area (Å²) in [5, 5.41) is 14.8. The van der Waals surface area contributed by atoms with E-state index in [1.165, 1.54) is 17.8 Å². The fourth-order valence-corrected chi connectivity index (χ4v) is 4.30. The van der Waals surface area contributed by atoms with E-state index in [4.69, 9.17) is 9.47 Å². The molecule has 3 aromatic rings. The Morgan fingerprint density at radius 1 is 1.08 bits per heavy atom. The van der Waals surface area contributed by atoms with Gasteiger partial charge in [0, 0.05) is 12.6 Å². The third-order valence-corrected chi connectivity index (χ3v) is 6.34. The van der Waals surface area contributed by atoms with E-state index >= 15 is 0 Å². The summed E-state index contributed by atoms with van der Waals surface area (Å²) in [7, 11) is 3.13. The van der Waals surface area contributed by atoms with Crippen molar-refractivity contribution in [2.45, 2.75) is 38.1 Å². The van der Waals surface area contributed by atoms with E-state index < -0.39 is 0 Å². The van der Waals surface area contributed by atoms with Gasteiger partial charge in [-0.15, -0.1) is 10.2 Å². The van der Waals surface area contributed by atoms with Crippen molar-refractivity contribution in [1.29, 1.82) is 0 Å². The second kappa shape index (κ2) is 13.3. The molecule has 0 spiro atoms. The molecule has 0 unspecified atom stereocenters. The van der Waals surface area contributed by atoms with Gasteiger partial charge in [0.1, 0.15) is 0 Å². The summed E-state index contributed by atoms with van der Waals surface area (Å²) in [6, 6.07) is 15.1. The molecule has 1 aromatic heterocycles. The normalized spacial score (nSPS) is 11.8. The average Bonchev–Trinajstić information content (AvgIpc) is 3.31. The molecule has 0 radical (unpaired) electrons. The molecule has 10 heteroatoms. The van der Waals surface area contributed by atoms with E-state index in [-0.39, 0.29) is 30.2 Å². The number of rotatable bonds is 12. The molecule has 0 aliphatic rings. The number of ether oxygens (including phenoxy) is 2. The second-order valence-electron chi connectivity index (χ2n) is 7.80. The zero-order valence-electron chi connectivity index (χ0n) is 20.9. The molecule has 0 saturated heterocycles. The quantitative estimate of drug-likeness (QED) is 0.284. The molecular formula is C26H31N5O4S. The largest absolute Gasteiger partial charge is 0.493 e. The van der Waals surface area contributed by atoms with Crippen LogP contribution in [0, 0.1) is 0 Å². The topological polar surface area (TPSA) is 107 Å². The Morgan fingerprint density at radius 2 is 1.83 bits per heavy atom. The van der Waals surface area contributed by atoms with Crippen LogP contribution in [-0.4, -0.2) is 46.6 Å². The zero-order valence-corrected chi connectivity index (χ0v) is 21.7. The summed E-state index contributed by atoms with van der Waals surface area (Å²) in [6.45, 7) is 4.75. The van der Waals surface area contributed by atoms with Crippen LogP contribution in [-0.2, 0) is 22.7 Å². The van der Waals surface area contributed by atoms with Gasteiger partial charge < -0.3 is 24.7 Å². The fraction of sp³-hybridized carbons (Fsp3) is 0.308. The minimum Gasteiger partial charge on any atom is -0.493 e. The number of aromatic nitrogens is 3. The first kappa shape index (κ1) is 26.8. The smallest absolute Gasteiger partial charge is 0.244 e. The number of carbonyl (C=O) groups excluding carboxylic acids is 2. The highest BCUT2D eigenvalue weighted by Gasteiger charge is 2.15. The number of methoxy groups -OCH3 is 2. The Kier molecular flexibility index (Phi) is 9.93. The molecule has 0 bridgehead atoms. The van der Waals surface area contributed by atoms with E-state index in [1.54, 1.807) is 32.4 Å². The summed E-state index contributed by atoms with van der Waals surface area (Å²) in [4.78, 5) is 24.8. The van der Waals surface area contributed by atoms with Gasteiger partial charge in [-0.1, -0.05) is 48.2 Å². The molecule has 1 atom stereocenters. The predicted molar refractivity (Wildman–Crippen MR) is 140 cm³/mol. The van der Waals surface area contributed by atoms with E-state index in [0.29, 0.717) is 29.0 Å². The number of hydrogen-bond donors (Lipinski definition) is 2. The predicted octanol–water partition coefficient (Wildman–Crippen LogP) is 3.61. The lowest BCUT2D eigenvalue weighted by Crippen LogP contribution is -2.28. The van der Waals surface area contributed by atoms with Gasteiger partial charge in [0.25, 0.3) is 0 Å². The highest BCUT2D eigenvalue weighted by Crippen LogP contribution is 2.28. The molecule has 2 aromatic carbocycles. The third-order valence-electron chi connectivity index (χ3n) is 5.37. The average molecular weight is 510 g/mol. The van der Waals surface area contributed by atoms with Crippen LogP contribution in [0.2, 0.25) is 0 Å². The van der Waals surface area contributed by atoms with Crippen molar-refractivity contribution < 1.29 is 19.1 Å². The maximum absolute atomic E-state index is 12.4. The van der Waals surface area contributed by atoms with Crippen molar-refractivity contribution in [3.63, 3.8) is 0 Å². The minimum absolute atomic E-state index is 0.0822. The number of nitrogens with one attached hydrogen (secondary N) is 2. The maximum Gasteiger partial charge on any atom is 0.244 e. The fourth-order valence-electron chi connectivity index (χ4n) is 3.47. The van der Waals surface area contributed by atoms with Crippen LogP contribution in [0.1, 0.15) is 36.8 Å². The Labute approximate surface area is 215 Å². The van der Waals surface area contributed by atoms with Crippen molar-refractivity contribution >= 4 is 29.7 Å². The molecule has 2 amide bonds. The Bertz CT molecular complexity index is 1200. The molecule has 0 aliphatic carbocycles. The standard InChI is InChI=1S/C26H31N5O4S/c1-5-31-23(16-27-24(32)14-12-19-11-13-21(34-3)22(15-19)35-4)29-30-26(31)36-17-25(33)28-18(2)20-9-7-6-8-10-20/h6-15,18H,5,16-17H2,1-4H3,(H,27,32)(H,28,33)/b14-12+/t18-/m0/s1. The van der Waals surface area contributed by atoms with Crippen LogP contribution < -0.4 is 20.1 Å². The first-order valence-corrected chi connectivity index (χ1v) is 12.5. The lowest BCUT2D eigenvalue weighted by Gasteiger charge is -2.14. The highest BCUT2D eigenvalue weighted by atomic mass is 32.2. The van der Waals surface area contributed by atoms with Gasteiger partial charge in [0.15, 0.2) is 22.5 Å². The molecule has 0 aliphatic heterocycles. The number of benzene rings is 2. The number of thioether (sulfide) groups is 1. The van der Waals surface area contributed by atoms with Crippen LogP contribution in [0.5, 0.6) is 11.5 Å². The van der Waals surface area contributed by atoms with Crippen LogP contribution >= 0.6 is 11.8 Å². The number of hydrogen-bond acceptors (Lipinski definition) is 7. The monoisotopic (exact) mass is 509 g/mol. The van der Waals surface area contributed by atoms with Crippen LogP contribution in [0.25, 0.3) is 6.08 Å². The number of nitrogens with zero attached hydrogens (tertiary/aromatic N) is 3. The van der Waals surface area contributed by atoms with Crippen LogP contribution in [0.3, 0.4) is 0 Å². The first-order valence-electron chi connectivity index (χ1n) is 11.5. The number of carbonyl (C=O) groups is 2.